The summed E-state index contributed by atoms with van der Waals surface area (Å²) in [5.41, 5.74) is 1.11. The molecule has 0 atom stereocenters. The maximum absolute atomic E-state index is 12.3. The van der Waals surface area contributed by atoms with Gasteiger partial charge in [-0.05, 0) is 23.8 Å². The zero-order valence-corrected chi connectivity index (χ0v) is 14.1. The van der Waals surface area contributed by atoms with Crippen molar-refractivity contribution in [3.05, 3.63) is 59.3 Å². The monoisotopic (exact) mass is 363 g/mol. The van der Waals surface area contributed by atoms with Crippen LogP contribution in [0.1, 0.15) is 32.2 Å². The number of carbonyl (C=O) groups excluding carboxylic acids is 2. The fourth-order valence-electron chi connectivity index (χ4n) is 2.33. The molecule has 0 aliphatic heterocycles. The van der Waals surface area contributed by atoms with E-state index in [2.05, 4.69) is 25.0 Å². The number of nitrogens with one attached hydrogen (secondary N) is 1. The van der Waals surface area contributed by atoms with Crippen LogP contribution in [0.5, 0.6) is 5.75 Å². The minimum atomic E-state index is -0.616. The van der Waals surface area contributed by atoms with E-state index < -0.39 is 11.9 Å². The highest BCUT2D eigenvalue weighted by atomic mass is 16.5. The van der Waals surface area contributed by atoms with E-state index in [1.54, 1.807) is 6.07 Å². The molecule has 1 amide bonds. The van der Waals surface area contributed by atoms with E-state index in [4.69, 9.17) is 5.26 Å². The van der Waals surface area contributed by atoms with E-state index in [9.17, 15) is 14.7 Å². The number of methoxy groups -OCH3 is 1. The van der Waals surface area contributed by atoms with Crippen molar-refractivity contribution in [2.45, 2.75) is 6.54 Å². The second kappa shape index (κ2) is 7.45. The lowest BCUT2D eigenvalue weighted by Gasteiger charge is -2.08. The molecule has 9 heteroatoms. The molecule has 0 unspecified atom stereocenters. The van der Waals surface area contributed by atoms with Crippen LogP contribution in [0.25, 0.3) is 10.9 Å². The number of nitriles is 1. The number of aromatic nitrogens is 3. The van der Waals surface area contributed by atoms with Gasteiger partial charge in [0.05, 0.1) is 18.8 Å². The van der Waals surface area contributed by atoms with Gasteiger partial charge in [0.25, 0.3) is 5.91 Å². The Kier molecular flexibility index (Phi) is 4.90. The number of nitrogens with zero attached hydrogens (tertiary/aromatic N) is 4. The first-order valence-electron chi connectivity index (χ1n) is 7.73. The smallest absolute Gasteiger partial charge is 0.356 e. The fraction of sp³-hybridized carbons (Fsp3) is 0.111. The average Bonchev–Trinajstić information content (AvgIpc) is 2.71. The van der Waals surface area contributed by atoms with Gasteiger partial charge in [0.1, 0.15) is 17.5 Å². The van der Waals surface area contributed by atoms with Gasteiger partial charge in [-0.3, -0.25) is 4.79 Å². The molecular weight excluding hydrogens is 350 g/mol. The molecule has 0 bridgehead atoms. The molecule has 134 valence electrons. The summed E-state index contributed by atoms with van der Waals surface area (Å²) >= 11 is 0. The summed E-state index contributed by atoms with van der Waals surface area (Å²) in [5.74, 6) is -1.54. The van der Waals surface area contributed by atoms with Crippen molar-refractivity contribution in [1.29, 1.82) is 5.26 Å². The van der Waals surface area contributed by atoms with E-state index in [1.807, 2.05) is 6.07 Å². The Morgan fingerprint density at radius 3 is 2.70 bits per heavy atom. The average molecular weight is 363 g/mol. The molecule has 0 radical (unpaired) electrons. The normalized spacial score (nSPS) is 10.2. The van der Waals surface area contributed by atoms with Crippen molar-refractivity contribution in [2.24, 2.45) is 0 Å². The zero-order chi connectivity index (χ0) is 19.4. The molecule has 3 heterocycles. The number of ether oxygens (including phenoxy) is 1. The minimum Gasteiger partial charge on any atom is -0.505 e. The first-order chi connectivity index (χ1) is 13.0. The summed E-state index contributed by atoms with van der Waals surface area (Å²) in [5, 5.41) is 22.0. The van der Waals surface area contributed by atoms with Crippen molar-refractivity contribution in [3.63, 3.8) is 0 Å². The SMILES string of the molecule is COC(=O)c1ccc2c(O)c(C(=O)NCc3ccc(C#N)nc3)ncc2n1. The molecule has 0 aliphatic rings. The van der Waals surface area contributed by atoms with Gasteiger partial charge >= 0.3 is 5.97 Å². The second-order valence-corrected chi connectivity index (χ2v) is 5.42. The van der Waals surface area contributed by atoms with Crippen molar-refractivity contribution in [2.75, 3.05) is 7.11 Å². The van der Waals surface area contributed by atoms with Crippen LogP contribution >= 0.6 is 0 Å². The molecule has 27 heavy (non-hydrogen) atoms. The first kappa shape index (κ1) is 17.8. The third-order valence-electron chi connectivity index (χ3n) is 3.72. The molecule has 0 aromatic carbocycles. The highest BCUT2D eigenvalue weighted by Gasteiger charge is 2.17. The number of amides is 1. The van der Waals surface area contributed by atoms with Gasteiger partial charge in [0.2, 0.25) is 0 Å². The van der Waals surface area contributed by atoms with Crippen LogP contribution in [0.15, 0.2) is 36.7 Å². The molecule has 9 nitrogen and oxygen atoms in total. The third kappa shape index (κ3) is 3.64. The summed E-state index contributed by atoms with van der Waals surface area (Å²) in [6, 6.07) is 7.96. The van der Waals surface area contributed by atoms with Gasteiger partial charge in [0, 0.05) is 18.1 Å². The Morgan fingerprint density at radius 2 is 2.04 bits per heavy atom. The number of rotatable bonds is 4. The Bertz CT molecular complexity index is 1070. The van der Waals surface area contributed by atoms with Crippen LogP contribution in [0.2, 0.25) is 0 Å². The third-order valence-corrected chi connectivity index (χ3v) is 3.72. The van der Waals surface area contributed by atoms with Crippen LogP contribution in [0, 0.1) is 11.3 Å². The Balaban J connectivity index is 1.81. The van der Waals surface area contributed by atoms with E-state index in [-0.39, 0.29) is 40.3 Å². The molecule has 3 aromatic rings. The maximum Gasteiger partial charge on any atom is 0.356 e. The predicted octanol–water partition coefficient (Wildman–Crippen LogP) is 1.32. The zero-order valence-electron chi connectivity index (χ0n) is 14.1. The van der Waals surface area contributed by atoms with E-state index in [0.717, 1.165) is 0 Å². The lowest BCUT2D eigenvalue weighted by Crippen LogP contribution is -2.24. The second-order valence-electron chi connectivity index (χ2n) is 5.42. The Morgan fingerprint density at radius 1 is 1.22 bits per heavy atom. The lowest BCUT2D eigenvalue weighted by molar-refractivity contribution is 0.0594. The molecule has 0 saturated heterocycles. The standard InChI is InChI=1S/C18H13N5O4/c1-27-18(26)13-5-4-12-14(23-13)9-21-15(16(12)24)17(25)22-8-10-2-3-11(6-19)20-7-10/h2-5,7,9,24H,8H2,1H3,(H,22,25). The summed E-state index contributed by atoms with van der Waals surface area (Å²) in [6.07, 6.45) is 2.77. The van der Waals surface area contributed by atoms with E-state index in [0.29, 0.717) is 5.56 Å². The number of fused-ring (bicyclic) bond motifs is 1. The van der Waals surface area contributed by atoms with Crippen molar-refractivity contribution < 1.29 is 19.4 Å². The number of esters is 1. The van der Waals surface area contributed by atoms with E-state index in [1.165, 1.54) is 37.7 Å². The highest BCUT2D eigenvalue weighted by Crippen LogP contribution is 2.26. The van der Waals surface area contributed by atoms with Gasteiger partial charge < -0.3 is 15.2 Å². The number of hydrogen-bond donors (Lipinski definition) is 2. The molecule has 0 saturated carbocycles. The van der Waals surface area contributed by atoms with Gasteiger partial charge in [-0.25, -0.2) is 19.7 Å². The van der Waals surface area contributed by atoms with E-state index >= 15 is 0 Å². The number of aromatic hydroxyl groups is 1. The largest absolute Gasteiger partial charge is 0.505 e. The van der Waals surface area contributed by atoms with Gasteiger partial charge in [-0.2, -0.15) is 5.26 Å². The molecule has 3 aromatic heterocycles. The summed E-state index contributed by atoms with van der Waals surface area (Å²) in [4.78, 5) is 35.8. The lowest BCUT2D eigenvalue weighted by atomic mass is 10.1. The molecule has 0 aliphatic carbocycles. The van der Waals surface area contributed by atoms with Crippen LogP contribution in [-0.2, 0) is 11.3 Å². The van der Waals surface area contributed by atoms with Crippen molar-refractivity contribution >= 4 is 22.8 Å². The van der Waals surface area contributed by atoms with Crippen LogP contribution in [-0.4, -0.2) is 39.0 Å². The van der Waals surface area contributed by atoms with Crippen molar-refractivity contribution in [3.8, 4) is 11.8 Å². The first-order valence-corrected chi connectivity index (χ1v) is 7.73. The maximum atomic E-state index is 12.3. The minimum absolute atomic E-state index is 0.0664. The topological polar surface area (TPSA) is 138 Å². The molecule has 2 N–H and O–H groups in total. The molecular formula is C18H13N5O4. The predicted molar refractivity (Wildman–Crippen MR) is 92.7 cm³/mol. The van der Waals surface area contributed by atoms with Crippen LogP contribution in [0.4, 0.5) is 0 Å². The van der Waals surface area contributed by atoms with Crippen LogP contribution in [0.3, 0.4) is 0 Å². The number of pyridine rings is 3. The highest BCUT2D eigenvalue weighted by molar-refractivity contribution is 6.01. The summed E-state index contributed by atoms with van der Waals surface area (Å²) in [7, 11) is 1.24. The van der Waals surface area contributed by atoms with Gasteiger partial charge in [-0.1, -0.05) is 6.07 Å². The number of carbonyl (C=O) groups is 2. The van der Waals surface area contributed by atoms with Crippen LogP contribution < -0.4 is 5.32 Å². The van der Waals surface area contributed by atoms with Gasteiger partial charge in [0.15, 0.2) is 11.4 Å². The van der Waals surface area contributed by atoms with Gasteiger partial charge in [-0.15, -0.1) is 0 Å². The summed E-state index contributed by atoms with van der Waals surface area (Å²) < 4.78 is 4.59. The molecule has 0 fully saturated rings. The molecule has 0 spiro atoms. The quantitative estimate of drug-likeness (QED) is 0.662. The summed E-state index contributed by atoms with van der Waals surface area (Å²) in [6.45, 7) is 0.149. The van der Waals surface area contributed by atoms with Crippen molar-refractivity contribution in [1.82, 2.24) is 20.3 Å². The Hall–Kier alpha value is -4.06. The number of hydrogen-bond acceptors (Lipinski definition) is 8. The molecule has 3 rings (SSSR count). The Labute approximate surface area is 153 Å². The fourth-order valence-corrected chi connectivity index (χ4v) is 2.33.